The Hall–Kier alpha value is -2.03. The molecule has 0 spiro atoms. The molecule has 0 N–H and O–H groups in total. The molecule has 0 unspecified atom stereocenters. The van der Waals surface area contributed by atoms with Gasteiger partial charge in [-0.25, -0.2) is 0 Å². The summed E-state index contributed by atoms with van der Waals surface area (Å²) in [6.07, 6.45) is 1.11. The molecule has 0 bridgehead atoms. The zero-order chi connectivity index (χ0) is 16.0. The van der Waals surface area contributed by atoms with Gasteiger partial charge in [-0.2, -0.15) is 0 Å². The van der Waals surface area contributed by atoms with Gasteiger partial charge in [-0.15, -0.1) is 0 Å². The van der Waals surface area contributed by atoms with Crippen molar-refractivity contribution in [1.82, 2.24) is 4.57 Å². The van der Waals surface area contributed by atoms with E-state index in [1.54, 1.807) is 6.92 Å². The molecule has 0 fully saturated rings. The molecular formula is C12H13BrN2O6. The van der Waals surface area contributed by atoms with Gasteiger partial charge in [-0.05, 0) is 22.9 Å². The predicted octanol–water partition coefficient (Wildman–Crippen LogP) is 1.43. The number of rotatable bonds is 7. The third kappa shape index (κ3) is 5.10. The Balaban J connectivity index is 2.79. The first-order valence-electron chi connectivity index (χ1n) is 6.06. The Morgan fingerprint density at radius 2 is 2.10 bits per heavy atom. The van der Waals surface area contributed by atoms with Crippen LogP contribution in [-0.2, 0) is 20.9 Å². The fourth-order valence-corrected chi connectivity index (χ4v) is 2.04. The van der Waals surface area contributed by atoms with Gasteiger partial charge in [0.15, 0.2) is 5.78 Å². The number of aromatic nitrogens is 1. The van der Waals surface area contributed by atoms with Crippen molar-refractivity contribution in [3.8, 4) is 0 Å². The highest BCUT2D eigenvalue weighted by molar-refractivity contribution is 9.10. The summed E-state index contributed by atoms with van der Waals surface area (Å²) in [6, 6.07) is 1.07. The van der Waals surface area contributed by atoms with Gasteiger partial charge in [-0.3, -0.25) is 24.5 Å². The summed E-state index contributed by atoms with van der Waals surface area (Å²) in [5.41, 5.74) is -1.49. The lowest BCUT2D eigenvalue weighted by Crippen LogP contribution is -2.26. The number of esters is 1. The predicted molar refractivity (Wildman–Crippen MR) is 75.9 cm³/mol. The quantitative estimate of drug-likeness (QED) is 0.413. The van der Waals surface area contributed by atoms with E-state index in [1.165, 1.54) is 6.20 Å². The van der Waals surface area contributed by atoms with Gasteiger partial charge in [0.05, 0.1) is 24.5 Å². The van der Waals surface area contributed by atoms with E-state index in [0.717, 1.165) is 10.6 Å². The fourth-order valence-electron chi connectivity index (χ4n) is 1.58. The molecule has 0 aliphatic heterocycles. The number of Topliss-reactive ketones (excluding diaryl/α,β-unsaturated/α-hetero) is 1. The normalized spacial score (nSPS) is 10.2. The average Bonchev–Trinajstić information content (AvgIpc) is 2.40. The maximum absolute atomic E-state index is 11.8. The third-order valence-corrected chi connectivity index (χ3v) is 2.92. The molecule has 1 aromatic rings. The minimum Gasteiger partial charge on any atom is -0.466 e. The van der Waals surface area contributed by atoms with Gasteiger partial charge in [0.25, 0.3) is 0 Å². The van der Waals surface area contributed by atoms with Gasteiger partial charge in [-0.1, -0.05) is 0 Å². The van der Waals surface area contributed by atoms with Crippen LogP contribution in [0.15, 0.2) is 21.5 Å². The summed E-state index contributed by atoms with van der Waals surface area (Å²) in [7, 11) is 0. The average molecular weight is 361 g/mol. The van der Waals surface area contributed by atoms with Crippen LogP contribution in [0.5, 0.6) is 0 Å². The minimum atomic E-state index is -0.868. The highest BCUT2D eigenvalue weighted by Crippen LogP contribution is 2.14. The van der Waals surface area contributed by atoms with Crippen LogP contribution in [0.3, 0.4) is 0 Å². The molecule has 0 aromatic carbocycles. The first kappa shape index (κ1) is 17.0. The van der Waals surface area contributed by atoms with E-state index in [-0.39, 0.29) is 26.0 Å². The zero-order valence-electron chi connectivity index (χ0n) is 11.2. The number of carbonyl (C=O) groups excluding carboxylic acids is 2. The van der Waals surface area contributed by atoms with Crippen molar-refractivity contribution in [2.45, 2.75) is 26.3 Å². The summed E-state index contributed by atoms with van der Waals surface area (Å²) in [5.74, 6) is -0.893. The minimum absolute atomic E-state index is 0.0858. The van der Waals surface area contributed by atoms with E-state index < -0.39 is 27.9 Å². The SMILES string of the molecule is CCOC(=O)CCC(=O)Cn1cc(Br)cc([N+](=O)[O-])c1=O. The van der Waals surface area contributed by atoms with Gasteiger partial charge in [0.2, 0.25) is 0 Å². The molecule has 0 saturated carbocycles. The highest BCUT2D eigenvalue weighted by Gasteiger charge is 2.17. The highest BCUT2D eigenvalue weighted by atomic mass is 79.9. The molecule has 0 aliphatic carbocycles. The Bertz CT molecular complexity index is 625. The van der Waals surface area contributed by atoms with Gasteiger partial charge in [0.1, 0.15) is 0 Å². The van der Waals surface area contributed by atoms with Crippen LogP contribution in [0.2, 0.25) is 0 Å². The number of nitrogens with zero attached hydrogens (tertiary/aromatic N) is 2. The molecule has 9 heteroatoms. The van der Waals surface area contributed by atoms with Crippen molar-refractivity contribution in [1.29, 1.82) is 0 Å². The number of ketones is 1. The molecule has 0 aliphatic rings. The summed E-state index contributed by atoms with van der Waals surface area (Å²) in [5, 5.41) is 10.7. The molecule has 1 aromatic heterocycles. The van der Waals surface area contributed by atoms with Crippen LogP contribution in [0.4, 0.5) is 5.69 Å². The first-order chi connectivity index (χ1) is 9.85. The fraction of sp³-hybridized carbons (Fsp3) is 0.417. The van der Waals surface area contributed by atoms with Crippen LogP contribution in [-0.4, -0.2) is 27.8 Å². The number of ether oxygens (including phenoxy) is 1. The smallest absolute Gasteiger partial charge is 0.335 e. The van der Waals surface area contributed by atoms with Gasteiger partial charge < -0.3 is 9.30 Å². The van der Waals surface area contributed by atoms with Crippen molar-refractivity contribution < 1.29 is 19.2 Å². The van der Waals surface area contributed by atoms with E-state index >= 15 is 0 Å². The van der Waals surface area contributed by atoms with E-state index in [0.29, 0.717) is 4.47 Å². The van der Waals surface area contributed by atoms with E-state index in [4.69, 9.17) is 0 Å². The van der Waals surface area contributed by atoms with Crippen LogP contribution < -0.4 is 5.56 Å². The van der Waals surface area contributed by atoms with E-state index in [9.17, 15) is 24.5 Å². The van der Waals surface area contributed by atoms with Crippen LogP contribution in [0.1, 0.15) is 19.8 Å². The molecule has 1 heterocycles. The van der Waals surface area contributed by atoms with E-state index in [1.807, 2.05) is 0 Å². The number of hydrogen-bond acceptors (Lipinski definition) is 6. The standard InChI is InChI=1S/C12H13BrN2O6/c1-2-21-11(17)4-3-9(16)7-14-6-8(13)5-10(12(14)18)15(19)20/h5-6H,2-4,7H2,1H3. The Labute approximate surface area is 128 Å². The van der Waals surface area contributed by atoms with Crippen molar-refractivity contribution in [2.75, 3.05) is 6.61 Å². The summed E-state index contributed by atoms with van der Waals surface area (Å²) in [4.78, 5) is 44.5. The molecule has 0 amide bonds. The Morgan fingerprint density at radius 1 is 1.43 bits per heavy atom. The Kier molecular flexibility index (Phi) is 6.22. The maximum atomic E-state index is 11.8. The van der Waals surface area contributed by atoms with Crippen LogP contribution in [0, 0.1) is 10.1 Å². The second-order valence-electron chi connectivity index (χ2n) is 4.08. The first-order valence-corrected chi connectivity index (χ1v) is 6.86. The van der Waals surface area contributed by atoms with Crippen molar-refractivity contribution in [3.63, 3.8) is 0 Å². The van der Waals surface area contributed by atoms with Gasteiger partial charge >= 0.3 is 17.2 Å². The van der Waals surface area contributed by atoms with Crippen LogP contribution >= 0.6 is 15.9 Å². The summed E-state index contributed by atoms with van der Waals surface area (Å²) < 4.78 is 5.93. The largest absolute Gasteiger partial charge is 0.466 e. The van der Waals surface area contributed by atoms with Gasteiger partial charge in [0, 0.05) is 23.2 Å². The number of carbonyl (C=O) groups is 2. The summed E-state index contributed by atoms with van der Waals surface area (Å²) >= 11 is 3.04. The van der Waals surface area contributed by atoms with E-state index in [2.05, 4.69) is 20.7 Å². The summed E-state index contributed by atoms with van der Waals surface area (Å²) in [6.45, 7) is 1.54. The topological polar surface area (TPSA) is 109 Å². The Morgan fingerprint density at radius 3 is 2.67 bits per heavy atom. The monoisotopic (exact) mass is 360 g/mol. The van der Waals surface area contributed by atoms with Crippen molar-refractivity contribution in [2.24, 2.45) is 0 Å². The lowest BCUT2D eigenvalue weighted by Gasteiger charge is -2.06. The molecule has 114 valence electrons. The molecule has 0 atom stereocenters. The number of hydrogen-bond donors (Lipinski definition) is 0. The number of pyridine rings is 1. The van der Waals surface area contributed by atoms with Crippen molar-refractivity contribution in [3.05, 3.63) is 37.2 Å². The van der Waals surface area contributed by atoms with Crippen molar-refractivity contribution >= 4 is 33.4 Å². The molecular weight excluding hydrogens is 348 g/mol. The molecule has 0 saturated heterocycles. The lowest BCUT2D eigenvalue weighted by atomic mass is 10.2. The van der Waals surface area contributed by atoms with Crippen LogP contribution in [0.25, 0.3) is 0 Å². The zero-order valence-corrected chi connectivity index (χ0v) is 12.8. The second-order valence-corrected chi connectivity index (χ2v) is 4.99. The molecule has 8 nitrogen and oxygen atoms in total. The number of halogens is 1. The molecule has 1 rings (SSSR count). The molecule has 0 radical (unpaired) electrons. The lowest BCUT2D eigenvalue weighted by molar-refractivity contribution is -0.386. The second kappa shape index (κ2) is 7.67. The number of nitro groups is 1. The third-order valence-electron chi connectivity index (χ3n) is 2.49. The maximum Gasteiger partial charge on any atom is 0.335 e. The molecule has 21 heavy (non-hydrogen) atoms.